The molecule has 1 aromatic rings. The predicted molar refractivity (Wildman–Crippen MR) is 62.6 cm³/mol. The molecule has 5 heteroatoms. The lowest BCUT2D eigenvalue weighted by molar-refractivity contribution is -0.143. The number of fused-ring (bicyclic) bond motifs is 1. The van der Waals surface area contributed by atoms with E-state index in [4.69, 9.17) is 0 Å². The van der Waals surface area contributed by atoms with E-state index in [-0.39, 0.29) is 5.91 Å². The number of carbonyl (C=O) groups is 3. The minimum absolute atomic E-state index is 0.264. The molecule has 0 N–H and O–H groups in total. The highest BCUT2D eigenvalue weighted by Gasteiger charge is 2.48. The van der Waals surface area contributed by atoms with Crippen molar-refractivity contribution in [2.24, 2.45) is 0 Å². The summed E-state index contributed by atoms with van der Waals surface area (Å²) in [5.74, 6) is -1.05. The van der Waals surface area contributed by atoms with Gasteiger partial charge < -0.3 is 4.90 Å². The van der Waals surface area contributed by atoms with E-state index in [1.807, 2.05) is 0 Å². The molecule has 2 aliphatic heterocycles. The highest BCUT2D eigenvalue weighted by atomic mass is 16.2. The normalized spacial score (nSPS) is 22.0. The van der Waals surface area contributed by atoms with E-state index in [0.717, 1.165) is 4.90 Å². The summed E-state index contributed by atoms with van der Waals surface area (Å²) < 4.78 is 0. The Hall–Kier alpha value is -2.43. The topological polar surface area (TPSA) is 57.7 Å². The molecule has 3 rings (SSSR count). The maximum absolute atomic E-state index is 12.1. The van der Waals surface area contributed by atoms with E-state index in [1.165, 1.54) is 11.1 Å². The molecular formula is C13H10N2O3. The molecule has 1 fully saturated rings. The summed E-state index contributed by atoms with van der Waals surface area (Å²) in [7, 11) is 0. The summed E-state index contributed by atoms with van der Waals surface area (Å²) in [5, 5.41) is 0. The van der Waals surface area contributed by atoms with Gasteiger partial charge >= 0.3 is 0 Å². The lowest BCUT2D eigenvalue weighted by Gasteiger charge is -2.39. The molecule has 1 atom stereocenters. The highest BCUT2D eigenvalue weighted by molar-refractivity contribution is 6.23. The number of benzene rings is 1. The number of nitrogens with zero attached hydrogens (tertiary/aromatic N) is 2. The van der Waals surface area contributed by atoms with E-state index in [9.17, 15) is 14.4 Å². The zero-order chi connectivity index (χ0) is 12.9. The van der Waals surface area contributed by atoms with Crippen molar-refractivity contribution in [3.05, 3.63) is 48.2 Å². The van der Waals surface area contributed by atoms with Crippen molar-refractivity contribution < 1.29 is 14.4 Å². The fourth-order valence-electron chi connectivity index (χ4n) is 2.28. The van der Waals surface area contributed by atoms with Gasteiger partial charge in [0.25, 0.3) is 17.7 Å². The summed E-state index contributed by atoms with van der Waals surface area (Å²) in [6.07, 6.45) is 1.40. The Balaban J connectivity index is 1.94. The predicted octanol–water partition coefficient (Wildman–Crippen LogP) is 0.637. The van der Waals surface area contributed by atoms with Crippen LogP contribution in [0.3, 0.4) is 0 Å². The van der Waals surface area contributed by atoms with E-state index >= 15 is 0 Å². The van der Waals surface area contributed by atoms with Gasteiger partial charge in [-0.15, -0.1) is 0 Å². The van der Waals surface area contributed by atoms with Crippen LogP contribution < -0.4 is 0 Å². The lowest BCUT2D eigenvalue weighted by Crippen LogP contribution is -2.63. The van der Waals surface area contributed by atoms with Crippen molar-refractivity contribution >= 4 is 17.7 Å². The van der Waals surface area contributed by atoms with Crippen molar-refractivity contribution in [1.29, 1.82) is 0 Å². The summed E-state index contributed by atoms with van der Waals surface area (Å²) in [6.45, 7) is 3.82. The van der Waals surface area contributed by atoms with Gasteiger partial charge in [0, 0.05) is 0 Å². The van der Waals surface area contributed by atoms with Crippen molar-refractivity contribution in [2.75, 3.05) is 6.54 Å². The lowest BCUT2D eigenvalue weighted by atomic mass is 10.1. The minimum Gasteiger partial charge on any atom is -0.315 e. The average molecular weight is 242 g/mol. The Labute approximate surface area is 103 Å². The van der Waals surface area contributed by atoms with Gasteiger partial charge in [0.1, 0.15) is 6.04 Å². The SMILES string of the molecule is C=CN1CC(N2C(=O)c3ccccc3C2=O)C1=O. The summed E-state index contributed by atoms with van der Waals surface area (Å²) >= 11 is 0. The first-order chi connectivity index (χ1) is 8.65. The van der Waals surface area contributed by atoms with Crippen molar-refractivity contribution in [1.82, 2.24) is 9.80 Å². The molecule has 1 aromatic carbocycles. The van der Waals surface area contributed by atoms with Gasteiger partial charge in [-0.3, -0.25) is 19.3 Å². The number of carbonyl (C=O) groups excluding carboxylic acids is 3. The number of rotatable bonds is 2. The average Bonchev–Trinajstić information content (AvgIpc) is 2.63. The van der Waals surface area contributed by atoms with Crippen LogP contribution in [0.5, 0.6) is 0 Å². The van der Waals surface area contributed by atoms with Crippen LogP contribution in [0.1, 0.15) is 20.7 Å². The third kappa shape index (κ3) is 1.18. The number of amides is 3. The van der Waals surface area contributed by atoms with Gasteiger partial charge in [0.05, 0.1) is 17.7 Å². The van der Waals surface area contributed by atoms with E-state index in [0.29, 0.717) is 17.7 Å². The van der Waals surface area contributed by atoms with Crippen LogP contribution >= 0.6 is 0 Å². The second-order valence-corrected chi connectivity index (χ2v) is 4.21. The zero-order valence-electron chi connectivity index (χ0n) is 9.50. The fraction of sp³-hybridized carbons (Fsp3) is 0.154. The van der Waals surface area contributed by atoms with Gasteiger partial charge in [-0.2, -0.15) is 0 Å². The Morgan fingerprint density at radius 3 is 2.11 bits per heavy atom. The third-order valence-corrected chi connectivity index (χ3v) is 3.30. The smallest absolute Gasteiger partial charge is 0.262 e. The number of imide groups is 1. The van der Waals surface area contributed by atoms with E-state index in [2.05, 4.69) is 6.58 Å². The van der Waals surface area contributed by atoms with Gasteiger partial charge in [-0.1, -0.05) is 18.7 Å². The number of hydrogen-bond acceptors (Lipinski definition) is 3. The largest absolute Gasteiger partial charge is 0.315 e. The van der Waals surface area contributed by atoms with Crippen molar-refractivity contribution in [3.8, 4) is 0 Å². The van der Waals surface area contributed by atoms with Crippen molar-refractivity contribution in [3.63, 3.8) is 0 Å². The second kappa shape index (κ2) is 3.53. The molecule has 0 spiro atoms. The van der Waals surface area contributed by atoms with E-state index in [1.54, 1.807) is 24.3 Å². The minimum atomic E-state index is -0.685. The zero-order valence-corrected chi connectivity index (χ0v) is 9.50. The standard InChI is InChI=1S/C13H10N2O3/c1-2-14-7-10(13(14)18)15-11(16)8-5-3-4-6-9(8)12(15)17/h2-6,10H,1,7H2. The first kappa shape index (κ1) is 10.7. The molecule has 18 heavy (non-hydrogen) atoms. The second-order valence-electron chi connectivity index (χ2n) is 4.21. The Morgan fingerprint density at radius 1 is 1.11 bits per heavy atom. The Bertz CT molecular complexity index is 559. The van der Waals surface area contributed by atoms with Crippen molar-refractivity contribution in [2.45, 2.75) is 6.04 Å². The molecule has 0 aromatic heterocycles. The van der Waals surface area contributed by atoms with Crippen LogP contribution in [-0.4, -0.2) is 40.1 Å². The third-order valence-electron chi connectivity index (χ3n) is 3.30. The molecule has 90 valence electrons. The highest BCUT2D eigenvalue weighted by Crippen LogP contribution is 2.28. The quantitative estimate of drug-likeness (QED) is 0.564. The monoisotopic (exact) mass is 242 g/mol. The molecule has 0 aliphatic carbocycles. The Kier molecular flexibility index (Phi) is 2.10. The molecule has 0 radical (unpaired) electrons. The molecule has 3 amide bonds. The van der Waals surface area contributed by atoms with Crippen LogP contribution in [0.4, 0.5) is 0 Å². The van der Waals surface area contributed by atoms with Gasteiger partial charge in [0.15, 0.2) is 0 Å². The molecular weight excluding hydrogens is 232 g/mol. The summed E-state index contributed by atoms with van der Waals surface area (Å²) in [6, 6.07) is 5.92. The van der Waals surface area contributed by atoms with Crippen LogP contribution in [0.2, 0.25) is 0 Å². The maximum Gasteiger partial charge on any atom is 0.262 e. The van der Waals surface area contributed by atoms with E-state index < -0.39 is 17.9 Å². The molecule has 2 heterocycles. The first-order valence-corrected chi connectivity index (χ1v) is 5.55. The van der Waals surface area contributed by atoms with Crippen LogP contribution in [0, 0.1) is 0 Å². The molecule has 1 saturated heterocycles. The van der Waals surface area contributed by atoms with Crippen LogP contribution in [0.25, 0.3) is 0 Å². The number of likely N-dealkylation sites (tertiary alicyclic amines) is 1. The molecule has 2 aliphatic rings. The molecule has 1 unspecified atom stereocenters. The maximum atomic E-state index is 12.1. The van der Waals surface area contributed by atoms with Gasteiger partial charge in [-0.25, -0.2) is 0 Å². The Morgan fingerprint density at radius 2 is 1.67 bits per heavy atom. The van der Waals surface area contributed by atoms with Gasteiger partial charge in [-0.05, 0) is 18.3 Å². The number of hydrogen-bond donors (Lipinski definition) is 0. The van der Waals surface area contributed by atoms with Crippen LogP contribution in [0.15, 0.2) is 37.0 Å². The first-order valence-electron chi connectivity index (χ1n) is 5.55. The molecule has 0 saturated carbocycles. The summed E-state index contributed by atoms with van der Waals surface area (Å²) in [5.41, 5.74) is 0.736. The number of β-lactam (4-membered cyclic amide) rings is 1. The fourth-order valence-corrected chi connectivity index (χ4v) is 2.28. The van der Waals surface area contributed by atoms with Gasteiger partial charge in [0.2, 0.25) is 0 Å². The summed E-state index contributed by atoms with van der Waals surface area (Å²) in [4.78, 5) is 38.3. The molecule has 0 bridgehead atoms. The molecule has 5 nitrogen and oxygen atoms in total. The van der Waals surface area contributed by atoms with Crippen LogP contribution in [-0.2, 0) is 4.79 Å².